The standard InChI is InChI=1S/C18H30N6O4/c1-11(2)8-26-10-18(22-23-20)15(27-9-12(3)4)13(5)16(28-18)24-7-6-14(19)21-17(24)25/h6-7,11-13,15-16H,8-10H2,1-5H3,(H2,19,21,25)/t13-,15+,16-,18?/m1/s1. The number of anilines is 1. The number of nitrogens with zero attached hydrogens (tertiary/aromatic N) is 5. The average molecular weight is 394 g/mol. The Morgan fingerprint density at radius 1 is 1.39 bits per heavy atom. The van der Waals surface area contributed by atoms with E-state index in [0.29, 0.717) is 19.1 Å². The quantitative estimate of drug-likeness (QED) is 0.388. The van der Waals surface area contributed by atoms with Crippen LogP contribution in [0.5, 0.6) is 0 Å². The van der Waals surface area contributed by atoms with Crippen molar-refractivity contribution < 1.29 is 14.2 Å². The molecular formula is C18H30N6O4. The smallest absolute Gasteiger partial charge is 0.351 e. The first-order valence-corrected chi connectivity index (χ1v) is 9.48. The lowest BCUT2D eigenvalue weighted by molar-refractivity contribution is -0.152. The summed E-state index contributed by atoms with van der Waals surface area (Å²) in [7, 11) is 0. The van der Waals surface area contributed by atoms with Crippen LogP contribution in [0.3, 0.4) is 0 Å². The molecule has 0 amide bonds. The largest absolute Gasteiger partial charge is 0.383 e. The highest BCUT2D eigenvalue weighted by molar-refractivity contribution is 5.23. The van der Waals surface area contributed by atoms with Crippen LogP contribution in [0.4, 0.5) is 5.82 Å². The van der Waals surface area contributed by atoms with Gasteiger partial charge in [0.05, 0.1) is 6.61 Å². The molecule has 1 aliphatic heterocycles. The number of ether oxygens (including phenoxy) is 3. The van der Waals surface area contributed by atoms with Gasteiger partial charge >= 0.3 is 5.69 Å². The van der Waals surface area contributed by atoms with Crippen LogP contribution in [0.2, 0.25) is 0 Å². The van der Waals surface area contributed by atoms with Gasteiger partial charge in [0.1, 0.15) is 18.1 Å². The van der Waals surface area contributed by atoms with Gasteiger partial charge in [0.2, 0.25) is 0 Å². The molecule has 1 aromatic rings. The first kappa shape index (κ1) is 22.2. The van der Waals surface area contributed by atoms with Gasteiger partial charge in [-0.15, -0.1) is 0 Å². The number of azide groups is 1. The lowest BCUT2D eigenvalue weighted by Gasteiger charge is -2.31. The molecule has 10 heteroatoms. The molecule has 156 valence electrons. The predicted octanol–water partition coefficient (Wildman–Crippen LogP) is 2.71. The number of hydrogen-bond acceptors (Lipinski definition) is 7. The molecule has 1 unspecified atom stereocenters. The van der Waals surface area contributed by atoms with E-state index in [2.05, 4.69) is 15.0 Å². The fourth-order valence-corrected chi connectivity index (χ4v) is 3.19. The van der Waals surface area contributed by atoms with Crippen molar-refractivity contribution in [1.82, 2.24) is 9.55 Å². The molecule has 0 saturated carbocycles. The minimum absolute atomic E-state index is 0.0238. The van der Waals surface area contributed by atoms with Crippen molar-refractivity contribution in [3.05, 3.63) is 33.2 Å². The zero-order chi connectivity index (χ0) is 20.9. The average Bonchev–Trinajstić information content (AvgIpc) is 2.85. The first-order chi connectivity index (χ1) is 13.2. The topological polar surface area (TPSA) is 137 Å². The van der Waals surface area contributed by atoms with Gasteiger partial charge in [0, 0.05) is 30.2 Å². The summed E-state index contributed by atoms with van der Waals surface area (Å²) in [6, 6.07) is 1.52. The van der Waals surface area contributed by atoms with Crippen molar-refractivity contribution in [1.29, 1.82) is 0 Å². The molecule has 28 heavy (non-hydrogen) atoms. The maximum atomic E-state index is 12.3. The second kappa shape index (κ2) is 9.38. The van der Waals surface area contributed by atoms with E-state index in [-0.39, 0.29) is 24.3 Å². The normalized spacial score (nSPS) is 27.3. The van der Waals surface area contributed by atoms with Crippen LogP contribution in [0.1, 0.15) is 40.8 Å². The Bertz CT molecular complexity index is 761. The summed E-state index contributed by atoms with van der Waals surface area (Å²) < 4.78 is 19.3. The van der Waals surface area contributed by atoms with Gasteiger partial charge in [-0.25, -0.2) is 4.79 Å². The van der Waals surface area contributed by atoms with E-state index in [4.69, 9.17) is 19.9 Å². The Hall–Kier alpha value is -2.13. The third-order valence-corrected chi connectivity index (χ3v) is 4.41. The fraction of sp³-hybridized carbons (Fsp3) is 0.778. The number of rotatable bonds is 9. The van der Waals surface area contributed by atoms with Gasteiger partial charge in [-0.05, 0) is 23.4 Å². The van der Waals surface area contributed by atoms with Crippen molar-refractivity contribution in [2.45, 2.75) is 52.7 Å². The van der Waals surface area contributed by atoms with Gasteiger partial charge in [0.25, 0.3) is 0 Å². The molecule has 4 atom stereocenters. The third kappa shape index (κ3) is 5.02. The summed E-state index contributed by atoms with van der Waals surface area (Å²) >= 11 is 0. The molecule has 0 spiro atoms. The Kier molecular flexibility index (Phi) is 7.42. The van der Waals surface area contributed by atoms with Gasteiger partial charge in [-0.2, -0.15) is 4.98 Å². The highest BCUT2D eigenvalue weighted by Gasteiger charge is 2.55. The van der Waals surface area contributed by atoms with E-state index >= 15 is 0 Å². The molecule has 1 aromatic heterocycles. The van der Waals surface area contributed by atoms with Crippen molar-refractivity contribution in [3.63, 3.8) is 0 Å². The van der Waals surface area contributed by atoms with Gasteiger partial charge in [0.15, 0.2) is 5.72 Å². The summed E-state index contributed by atoms with van der Waals surface area (Å²) in [6.07, 6.45) is 0.199. The van der Waals surface area contributed by atoms with Crippen molar-refractivity contribution in [2.75, 3.05) is 25.6 Å². The zero-order valence-corrected chi connectivity index (χ0v) is 17.1. The van der Waals surface area contributed by atoms with Crippen LogP contribution in [-0.4, -0.2) is 41.2 Å². The maximum absolute atomic E-state index is 12.3. The lowest BCUT2D eigenvalue weighted by Crippen LogP contribution is -2.45. The lowest BCUT2D eigenvalue weighted by atomic mass is 9.97. The molecule has 0 aliphatic carbocycles. The second-order valence-corrected chi connectivity index (χ2v) is 8.00. The number of aromatic nitrogens is 2. The molecule has 1 aliphatic rings. The Labute approximate surface area is 164 Å². The van der Waals surface area contributed by atoms with Crippen LogP contribution in [0, 0.1) is 17.8 Å². The SMILES string of the molecule is CC(C)COCC1(N=[N+]=[N-])O[C@@H](n2ccc(N)nc2=O)[C@H](C)[C@@H]1OCC(C)C. The third-order valence-electron chi connectivity index (χ3n) is 4.41. The van der Waals surface area contributed by atoms with E-state index in [1.807, 2.05) is 34.6 Å². The number of nitrogen functional groups attached to an aromatic ring is 1. The summed E-state index contributed by atoms with van der Waals surface area (Å²) in [4.78, 5) is 19.1. The predicted molar refractivity (Wildman–Crippen MR) is 104 cm³/mol. The second-order valence-electron chi connectivity index (χ2n) is 8.00. The Balaban J connectivity index is 2.40. The fourth-order valence-electron chi connectivity index (χ4n) is 3.19. The van der Waals surface area contributed by atoms with Gasteiger partial charge in [-0.1, -0.05) is 39.7 Å². The van der Waals surface area contributed by atoms with E-state index in [1.165, 1.54) is 16.8 Å². The summed E-state index contributed by atoms with van der Waals surface area (Å²) in [5.41, 5.74) is 12.9. The Morgan fingerprint density at radius 3 is 2.64 bits per heavy atom. The summed E-state index contributed by atoms with van der Waals surface area (Å²) in [5.74, 6) is 0.403. The highest BCUT2D eigenvalue weighted by Crippen LogP contribution is 2.44. The Morgan fingerprint density at radius 2 is 2.07 bits per heavy atom. The van der Waals surface area contributed by atoms with E-state index in [9.17, 15) is 10.3 Å². The van der Waals surface area contributed by atoms with Crippen LogP contribution >= 0.6 is 0 Å². The monoisotopic (exact) mass is 394 g/mol. The van der Waals surface area contributed by atoms with Crippen LogP contribution in [0.25, 0.3) is 10.4 Å². The zero-order valence-electron chi connectivity index (χ0n) is 17.1. The minimum Gasteiger partial charge on any atom is -0.383 e. The van der Waals surface area contributed by atoms with Crippen LogP contribution in [0.15, 0.2) is 22.2 Å². The van der Waals surface area contributed by atoms with Crippen molar-refractivity contribution in [3.8, 4) is 0 Å². The van der Waals surface area contributed by atoms with Crippen molar-refractivity contribution in [2.24, 2.45) is 22.9 Å². The molecular weight excluding hydrogens is 364 g/mol. The minimum atomic E-state index is -1.39. The van der Waals surface area contributed by atoms with E-state index < -0.39 is 23.7 Å². The van der Waals surface area contributed by atoms with Crippen LogP contribution < -0.4 is 11.4 Å². The summed E-state index contributed by atoms with van der Waals surface area (Å²) in [6.45, 7) is 10.9. The maximum Gasteiger partial charge on any atom is 0.351 e. The summed E-state index contributed by atoms with van der Waals surface area (Å²) in [5, 5.41) is 3.93. The molecule has 2 heterocycles. The van der Waals surface area contributed by atoms with Gasteiger partial charge < -0.3 is 19.9 Å². The van der Waals surface area contributed by atoms with Crippen molar-refractivity contribution >= 4 is 5.82 Å². The van der Waals surface area contributed by atoms with E-state index in [0.717, 1.165) is 0 Å². The number of hydrogen-bond donors (Lipinski definition) is 1. The van der Waals surface area contributed by atoms with Gasteiger partial charge in [-0.3, -0.25) is 4.57 Å². The molecule has 1 fully saturated rings. The molecule has 0 radical (unpaired) electrons. The molecule has 2 rings (SSSR count). The molecule has 1 saturated heterocycles. The molecule has 0 bridgehead atoms. The van der Waals surface area contributed by atoms with E-state index in [1.54, 1.807) is 0 Å². The first-order valence-electron chi connectivity index (χ1n) is 9.48. The number of nitrogens with two attached hydrogens (primary N) is 1. The van der Waals surface area contributed by atoms with Crippen LogP contribution in [-0.2, 0) is 14.2 Å². The highest BCUT2D eigenvalue weighted by atomic mass is 16.6. The molecule has 0 aromatic carbocycles. The molecule has 2 N–H and O–H groups in total. The molecule has 10 nitrogen and oxygen atoms in total.